The molecule has 2 N–H and O–H groups in total. The maximum absolute atomic E-state index is 12.4. The quantitative estimate of drug-likeness (QED) is 0.729. The highest BCUT2D eigenvalue weighted by atomic mass is 35.5. The van der Waals surface area contributed by atoms with Crippen molar-refractivity contribution in [2.45, 2.75) is 6.54 Å². The Morgan fingerprint density at radius 1 is 1.36 bits per heavy atom. The van der Waals surface area contributed by atoms with Crippen LogP contribution in [0.4, 0.5) is 5.82 Å². The topological polar surface area (TPSA) is 64.2 Å². The Morgan fingerprint density at radius 2 is 2.16 bits per heavy atom. The van der Waals surface area contributed by atoms with E-state index in [9.17, 15) is 4.79 Å². The van der Waals surface area contributed by atoms with Gasteiger partial charge in [0.15, 0.2) is 0 Å². The molecule has 3 rings (SSSR count). The monoisotopic (exact) mass is 354 g/mol. The van der Waals surface area contributed by atoms with Crippen molar-refractivity contribution in [1.29, 1.82) is 0 Å². The number of rotatable bonds is 4. The fourth-order valence-electron chi connectivity index (χ4n) is 2.71. The van der Waals surface area contributed by atoms with Gasteiger partial charge in [0, 0.05) is 55.0 Å². The number of anilines is 1. The molecule has 0 aliphatic rings. The van der Waals surface area contributed by atoms with Crippen LogP contribution in [0.3, 0.4) is 0 Å². The lowest BCUT2D eigenvalue weighted by atomic mass is 10.1. The van der Waals surface area contributed by atoms with E-state index >= 15 is 0 Å². The van der Waals surface area contributed by atoms with E-state index in [4.69, 9.17) is 17.3 Å². The largest absolute Gasteiger partial charge is 0.384 e. The Balaban J connectivity index is 1.74. The summed E-state index contributed by atoms with van der Waals surface area (Å²) in [7, 11) is 3.75. The molecule has 0 spiro atoms. The second kappa shape index (κ2) is 6.99. The van der Waals surface area contributed by atoms with Crippen LogP contribution in [0.2, 0.25) is 5.02 Å². The zero-order chi connectivity index (χ0) is 18.0. The minimum absolute atomic E-state index is 0.0807. The highest BCUT2D eigenvalue weighted by molar-refractivity contribution is 6.31. The zero-order valence-electron chi connectivity index (χ0n) is 14.1. The van der Waals surface area contributed by atoms with Gasteiger partial charge in [-0.15, -0.1) is 0 Å². The third-order valence-corrected chi connectivity index (χ3v) is 4.28. The number of carbonyl (C=O) groups excluding carboxylic acids is 1. The molecule has 0 aliphatic carbocycles. The molecule has 2 heterocycles. The van der Waals surface area contributed by atoms with Gasteiger partial charge in [-0.1, -0.05) is 17.7 Å². The second-order valence-electron chi connectivity index (χ2n) is 5.97. The molecule has 3 aromatic rings. The normalized spacial score (nSPS) is 11.3. The van der Waals surface area contributed by atoms with E-state index in [1.165, 1.54) is 6.08 Å². The van der Waals surface area contributed by atoms with Crippen LogP contribution in [-0.2, 0) is 18.4 Å². The number of aromatic nitrogens is 2. The summed E-state index contributed by atoms with van der Waals surface area (Å²) in [6.07, 6.45) is 6.93. The van der Waals surface area contributed by atoms with E-state index in [1.807, 2.05) is 42.1 Å². The number of hydrogen-bond acceptors (Lipinski definition) is 3. The summed E-state index contributed by atoms with van der Waals surface area (Å²) < 4.78 is 2.02. The number of fused-ring (bicyclic) bond motifs is 1. The summed E-state index contributed by atoms with van der Waals surface area (Å²) in [6.45, 7) is 0.516. The van der Waals surface area contributed by atoms with E-state index in [0.29, 0.717) is 17.4 Å². The van der Waals surface area contributed by atoms with Gasteiger partial charge in [-0.25, -0.2) is 4.98 Å². The van der Waals surface area contributed by atoms with E-state index < -0.39 is 0 Å². The van der Waals surface area contributed by atoms with Crippen LogP contribution in [0.5, 0.6) is 0 Å². The Kier molecular flexibility index (Phi) is 4.76. The molecule has 5 nitrogen and oxygen atoms in total. The molecule has 0 saturated carbocycles. The predicted octanol–water partition coefficient (Wildman–Crippen LogP) is 3.48. The average molecular weight is 355 g/mol. The van der Waals surface area contributed by atoms with Gasteiger partial charge in [-0.05, 0) is 41.5 Å². The molecular weight excluding hydrogens is 336 g/mol. The van der Waals surface area contributed by atoms with Crippen LogP contribution in [0.1, 0.15) is 11.1 Å². The Bertz CT molecular complexity index is 944. The molecule has 0 fully saturated rings. The van der Waals surface area contributed by atoms with Crippen LogP contribution in [-0.4, -0.2) is 27.4 Å². The SMILES string of the molecule is CN(Cc1cn(C)c2cc(Cl)ccc12)C(=O)/C=C/c1ccc(N)nc1. The molecular formula is C19H19ClN4O. The number of likely N-dealkylation sites (N-methyl/N-ethyl adjacent to an activating group) is 1. The van der Waals surface area contributed by atoms with Gasteiger partial charge in [-0.3, -0.25) is 4.79 Å². The van der Waals surface area contributed by atoms with Crippen molar-refractivity contribution in [2.24, 2.45) is 7.05 Å². The molecule has 1 amide bonds. The number of aryl methyl sites for hydroxylation is 1. The number of carbonyl (C=O) groups is 1. The predicted molar refractivity (Wildman–Crippen MR) is 102 cm³/mol. The van der Waals surface area contributed by atoms with Crippen LogP contribution < -0.4 is 5.73 Å². The lowest BCUT2D eigenvalue weighted by molar-refractivity contribution is -0.125. The molecule has 0 aliphatic heterocycles. The number of nitrogens with two attached hydrogens (primary N) is 1. The first kappa shape index (κ1) is 17.0. The average Bonchev–Trinajstić information content (AvgIpc) is 2.89. The molecule has 6 heteroatoms. The van der Waals surface area contributed by atoms with Gasteiger partial charge in [0.2, 0.25) is 5.91 Å². The van der Waals surface area contributed by atoms with Crippen molar-refractivity contribution < 1.29 is 4.79 Å². The van der Waals surface area contributed by atoms with Gasteiger partial charge in [0.1, 0.15) is 5.82 Å². The summed E-state index contributed by atoms with van der Waals surface area (Å²) in [4.78, 5) is 18.0. The first-order chi connectivity index (χ1) is 11.9. The highest BCUT2D eigenvalue weighted by Crippen LogP contribution is 2.25. The number of nitrogen functional groups attached to an aromatic ring is 1. The fraction of sp³-hybridized carbons (Fsp3) is 0.158. The maximum Gasteiger partial charge on any atom is 0.246 e. The Morgan fingerprint density at radius 3 is 2.88 bits per heavy atom. The molecule has 0 bridgehead atoms. The summed E-state index contributed by atoms with van der Waals surface area (Å²) in [5, 5.41) is 1.79. The maximum atomic E-state index is 12.4. The van der Waals surface area contributed by atoms with Gasteiger partial charge in [0.25, 0.3) is 0 Å². The first-order valence-corrected chi connectivity index (χ1v) is 8.20. The van der Waals surface area contributed by atoms with E-state index in [-0.39, 0.29) is 5.91 Å². The molecule has 128 valence electrons. The number of amides is 1. The highest BCUT2D eigenvalue weighted by Gasteiger charge is 2.11. The smallest absolute Gasteiger partial charge is 0.246 e. The third-order valence-electron chi connectivity index (χ3n) is 4.05. The molecule has 0 radical (unpaired) electrons. The molecule has 0 saturated heterocycles. The van der Waals surface area contributed by atoms with Gasteiger partial charge in [0.05, 0.1) is 0 Å². The third kappa shape index (κ3) is 3.83. The lowest BCUT2D eigenvalue weighted by Gasteiger charge is -2.14. The summed E-state index contributed by atoms with van der Waals surface area (Å²) in [6, 6.07) is 9.30. The lowest BCUT2D eigenvalue weighted by Crippen LogP contribution is -2.24. The van der Waals surface area contributed by atoms with Crippen molar-refractivity contribution in [3.8, 4) is 0 Å². The molecule has 2 aromatic heterocycles. The standard InChI is InChI=1S/C19H19ClN4O/c1-23-11-14(16-6-5-15(20)9-17(16)23)12-24(2)19(25)8-4-13-3-7-18(21)22-10-13/h3-11H,12H2,1-2H3,(H2,21,22)/b8-4+. The summed E-state index contributed by atoms with van der Waals surface area (Å²) in [5.41, 5.74) is 8.51. The number of pyridine rings is 1. The van der Waals surface area contributed by atoms with Crippen molar-refractivity contribution >= 4 is 40.3 Å². The minimum Gasteiger partial charge on any atom is -0.384 e. The van der Waals surface area contributed by atoms with Gasteiger partial charge >= 0.3 is 0 Å². The minimum atomic E-state index is -0.0807. The molecule has 0 unspecified atom stereocenters. The second-order valence-corrected chi connectivity index (χ2v) is 6.41. The van der Waals surface area contributed by atoms with Crippen molar-refractivity contribution in [1.82, 2.24) is 14.5 Å². The van der Waals surface area contributed by atoms with E-state index in [0.717, 1.165) is 22.0 Å². The van der Waals surface area contributed by atoms with Crippen molar-refractivity contribution in [3.63, 3.8) is 0 Å². The Labute approximate surface area is 151 Å². The summed E-state index contributed by atoms with van der Waals surface area (Å²) >= 11 is 6.07. The molecule has 1 aromatic carbocycles. The fourth-order valence-corrected chi connectivity index (χ4v) is 2.88. The van der Waals surface area contributed by atoms with Crippen LogP contribution in [0.15, 0.2) is 48.8 Å². The van der Waals surface area contributed by atoms with Crippen LogP contribution in [0.25, 0.3) is 17.0 Å². The van der Waals surface area contributed by atoms with Crippen molar-refractivity contribution in [2.75, 3.05) is 12.8 Å². The number of nitrogens with zero attached hydrogens (tertiary/aromatic N) is 3. The Hall–Kier alpha value is -2.79. The van der Waals surface area contributed by atoms with Gasteiger partial charge < -0.3 is 15.2 Å². The molecule has 0 atom stereocenters. The van der Waals surface area contributed by atoms with Gasteiger partial charge in [-0.2, -0.15) is 0 Å². The van der Waals surface area contributed by atoms with Crippen LogP contribution in [0, 0.1) is 0 Å². The number of halogens is 1. The summed E-state index contributed by atoms with van der Waals surface area (Å²) in [5.74, 6) is 0.374. The molecule has 25 heavy (non-hydrogen) atoms. The first-order valence-electron chi connectivity index (χ1n) is 7.82. The van der Waals surface area contributed by atoms with E-state index in [2.05, 4.69) is 4.98 Å². The number of hydrogen-bond donors (Lipinski definition) is 1. The van der Waals surface area contributed by atoms with E-state index in [1.54, 1.807) is 30.3 Å². The number of benzene rings is 1. The van der Waals surface area contributed by atoms with Crippen LogP contribution >= 0.6 is 11.6 Å². The van der Waals surface area contributed by atoms with Crippen molar-refractivity contribution in [3.05, 3.63) is 65.0 Å². The zero-order valence-corrected chi connectivity index (χ0v) is 14.9.